The summed E-state index contributed by atoms with van der Waals surface area (Å²) in [4.78, 5) is 25.2. The van der Waals surface area contributed by atoms with Gasteiger partial charge in [-0.1, -0.05) is 20.3 Å². The van der Waals surface area contributed by atoms with E-state index < -0.39 is 11.8 Å². The zero-order valence-corrected chi connectivity index (χ0v) is 13.0. The van der Waals surface area contributed by atoms with Crippen molar-refractivity contribution < 1.29 is 19.1 Å². The zero-order valence-electron chi connectivity index (χ0n) is 13.0. The molecule has 0 aromatic heterocycles. The average Bonchev–Trinajstić information content (AvgIpc) is 2.96. The Hall–Kier alpha value is -1.91. The van der Waals surface area contributed by atoms with E-state index in [2.05, 4.69) is 13.8 Å². The number of hydrogen-bond acceptors (Lipinski definition) is 2. The highest BCUT2D eigenvalue weighted by atomic mass is 19.1. The lowest BCUT2D eigenvalue weighted by molar-refractivity contribution is 0.0674. The fraction of sp³-hybridized carbons (Fsp3) is 0.529. The first kappa shape index (κ1) is 16.5. The van der Waals surface area contributed by atoms with Crippen LogP contribution in [0.25, 0.3) is 0 Å². The smallest absolute Gasteiger partial charge is 0.335 e. The number of amides is 1. The topological polar surface area (TPSA) is 57.6 Å². The average molecular weight is 307 g/mol. The van der Waals surface area contributed by atoms with Crippen LogP contribution in [0.1, 0.15) is 60.2 Å². The molecule has 2 rings (SSSR count). The Morgan fingerprint density at radius 3 is 2.77 bits per heavy atom. The molecule has 0 aliphatic carbocycles. The first-order chi connectivity index (χ1) is 10.5. The SMILES string of the molecule is CCCC(C)C1CCCN1C(=O)c1ccc(C(=O)O)cc1F. The molecular formula is C17H22FNO3. The van der Waals surface area contributed by atoms with Gasteiger partial charge in [0.05, 0.1) is 11.1 Å². The number of carboxylic acid groups (broad SMARTS) is 1. The van der Waals surface area contributed by atoms with Crippen LogP contribution in [0.2, 0.25) is 0 Å². The number of carbonyl (C=O) groups excluding carboxylic acids is 1. The maximum absolute atomic E-state index is 14.1. The van der Waals surface area contributed by atoms with E-state index in [9.17, 15) is 14.0 Å². The van der Waals surface area contributed by atoms with Gasteiger partial charge in [-0.2, -0.15) is 0 Å². The number of nitrogens with zero attached hydrogens (tertiary/aromatic N) is 1. The van der Waals surface area contributed by atoms with E-state index in [-0.39, 0.29) is 23.1 Å². The summed E-state index contributed by atoms with van der Waals surface area (Å²) in [6.45, 7) is 4.88. The molecule has 1 heterocycles. The fourth-order valence-electron chi connectivity index (χ4n) is 3.26. The molecule has 0 saturated carbocycles. The van der Waals surface area contributed by atoms with Crippen LogP contribution in [0.5, 0.6) is 0 Å². The van der Waals surface area contributed by atoms with Gasteiger partial charge in [0, 0.05) is 12.6 Å². The Labute approximate surface area is 129 Å². The van der Waals surface area contributed by atoms with E-state index in [1.54, 1.807) is 4.90 Å². The molecule has 2 unspecified atom stereocenters. The Balaban J connectivity index is 2.22. The standard InChI is InChI=1S/C17H22FNO3/c1-3-5-11(2)15-6-4-9-19(15)16(20)13-8-7-12(17(21)22)10-14(13)18/h7-8,10-11,15H,3-6,9H2,1-2H3,(H,21,22). The summed E-state index contributed by atoms with van der Waals surface area (Å²) in [6, 6.07) is 3.61. The summed E-state index contributed by atoms with van der Waals surface area (Å²) in [5.41, 5.74) is -0.188. The van der Waals surface area contributed by atoms with E-state index in [1.807, 2.05) is 0 Å². The summed E-state index contributed by atoms with van der Waals surface area (Å²) < 4.78 is 14.1. The van der Waals surface area contributed by atoms with Crippen molar-refractivity contribution in [1.29, 1.82) is 0 Å². The molecule has 1 aromatic rings. The summed E-state index contributed by atoms with van der Waals surface area (Å²) >= 11 is 0. The number of likely N-dealkylation sites (tertiary alicyclic amines) is 1. The number of aromatic carboxylic acids is 1. The van der Waals surface area contributed by atoms with Crippen LogP contribution in [-0.4, -0.2) is 34.5 Å². The maximum atomic E-state index is 14.1. The van der Waals surface area contributed by atoms with Gasteiger partial charge < -0.3 is 10.0 Å². The van der Waals surface area contributed by atoms with Gasteiger partial charge in [-0.3, -0.25) is 4.79 Å². The minimum atomic E-state index is -1.20. The third-order valence-electron chi connectivity index (χ3n) is 4.41. The van der Waals surface area contributed by atoms with Gasteiger partial charge in [0.15, 0.2) is 0 Å². The van der Waals surface area contributed by atoms with Gasteiger partial charge in [0.1, 0.15) is 5.82 Å². The molecule has 0 spiro atoms. The molecular weight excluding hydrogens is 285 g/mol. The Morgan fingerprint density at radius 1 is 1.45 bits per heavy atom. The predicted molar refractivity (Wildman–Crippen MR) is 81.5 cm³/mol. The van der Waals surface area contributed by atoms with Crippen molar-refractivity contribution in [3.05, 3.63) is 35.1 Å². The van der Waals surface area contributed by atoms with E-state index in [4.69, 9.17) is 5.11 Å². The van der Waals surface area contributed by atoms with Crippen LogP contribution < -0.4 is 0 Å². The molecule has 1 saturated heterocycles. The Bertz CT molecular complexity index is 573. The molecule has 4 nitrogen and oxygen atoms in total. The minimum Gasteiger partial charge on any atom is -0.478 e. The van der Waals surface area contributed by atoms with Gasteiger partial charge in [-0.15, -0.1) is 0 Å². The number of rotatable bonds is 5. The molecule has 1 aromatic carbocycles. The number of hydrogen-bond donors (Lipinski definition) is 1. The number of halogens is 1. The van der Waals surface area contributed by atoms with Crippen LogP contribution in [0.3, 0.4) is 0 Å². The molecule has 1 aliphatic heterocycles. The molecule has 22 heavy (non-hydrogen) atoms. The Kier molecular flexibility index (Phi) is 5.16. The minimum absolute atomic E-state index is 0.0411. The number of carboxylic acids is 1. The van der Waals surface area contributed by atoms with Crippen molar-refractivity contribution in [2.45, 2.75) is 45.6 Å². The third kappa shape index (κ3) is 3.29. The third-order valence-corrected chi connectivity index (χ3v) is 4.41. The number of carbonyl (C=O) groups is 2. The summed E-state index contributed by atoms with van der Waals surface area (Å²) in [5, 5.41) is 8.86. The van der Waals surface area contributed by atoms with Crippen molar-refractivity contribution >= 4 is 11.9 Å². The molecule has 1 N–H and O–H groups in total. The fourth-order valence-corrected chi connectivity index (χ4v) is 3.26. The summed E-state index contributed by atoms with van der Waals surface area (Å²) in [7, 11) is 0. The monoisotopic (exact) mass is 307 g/mol. The van der Waals surface area contributed by atoms with Gasteiger partial charge >= 0.3 is 5.97 Å². The van der Waals surface area contributed by atoms with Crippen LogP contribution in [0.15, 0.2) is 18.2 Å². The highest BCUT2D eigenvalue weighted by Gasteiger charge is 2.33. The van der Waals surface area contributed by atoms with Crippen LogP contribution in [-0.2, 0) is 0 Å². The van der Waals surface area contributed by atoms with Crippen LogP contribution in [0.4, 0.5) is 4.39 Å². The quantitative estimate of drug-likeness (QED) is 0.905. The molecule has 0 radical (unpaired) electrons. The second kappa shape index (κ2) is 6.90. The summed E-state index contributed by atoms with van der Waals surface area (Å²) in [5.74, 6) is -1.91. The van der Waals surface area contributed by atoms with E-state index in [0.717, 1.165) is 31.7 Å². The first-order valence-electron chi connectivity index (χ1n) is 7.79. The first-order valence-corrected chi connectivity index (χ1v) is 7.79. The summed E-state index contributed by atoms with van der Waals surface area (Å²) in [6.07, 6.45) is 3.97. The molecule has 1 amide bonds. The normalized spacial score (nSPS) is 19.2. The molecule has 2 atom stereocenters. The van der Waals surface area contributed by atoms with Gasteiger partial charge in [-0.05, 0) is 43.4 Å². The molecule has 120 valence electrons. The van der Waals surface area contributed by atoms with Crippen LogP contribution in [0, 0.1) is 11.7 Å². The lowest BCUT2D eigenvalue weighted by Gasteiger charge is -2.29. The van der Waals surface area contributed by atoms with Crippen molar-refractivity contribution in [2.24, 2.45) is 5.92 Å². The lowest BCUT2D eigenvalue weighted by atomic mass is 9.94. The highest BCUT2D eigenvalue weighted by molar-refractivity contribution is 5.96. The van der Waals surface area contributed by atoms with Gasteiger partial charge in [0.25, 0.3) is 5.91 Å². The zero-order chi connectivity index (χ0) is 16.3. The van der Waals surface area contributed by atoms with Crippen molar-refractivity contribution in [2.75, 3.05) is 6.54 Å². The lowest BCUT2D eigenvalue weighted by Crippen LogP contribution is -2.39. The molecule has 5 heteroatoms. The maximum Gasteiger partial charge on any atom is 0.335 e. The number of benzene rings is 1. The predicted octanol–water partition coefficient (Wildman–Crippen LogP) is 3.56. The second-order valence-corrected chi connectivity index (χ2v) is 5.97. The molecule has 1 fully saturated rings. The van der Waals surface area contributed by atoms with Crippen LogP contribution >= 0.6 is 0 Å². The van der Waals surface area contributed by atoms with Crippen molar-refractivity contribution in [3.63, 3.8) is 0 Å². The second-order valence-electron chi connectivity index (χ2n) is 5.97. The van der Waals surface area contributed by atoms with Gasteiger partial charge in [-0.25, -0.2) is 9.18 Å². The largest absolute Gasteiger partial charge is 0.478 e. The van der Waals surface area contributed by atoms with E-state index >= 15 is 0 Å². The molecule has 1 aliphatic rings. The van der Waals surface area contributed by atoms with Gasteiger partial charge in [0.2, 0.25) is 0 Å². The van der Waals surface area contributed by atoms with E-state index in [0.29, 0.717) is 12.5 Å². The Morgan fingerprint density at radius 2 is 2.18 bits per heavy atom. The molecule has 0 bridgehead atoms. The van der Waals surface area contributed by atoms with E-state index in [1.165, 1.54) is 12.1 Å². The van der Waals surface area contributed by atoms with Crippen molar-refractivity contribution in [1.82, 2.24) is 4.90 Å². The highest BCUT2D eigenvalue weighted by Crippen LogP contribution is 2.28. The van der Waals surface area contributed by atoms with Crippen molar-refractivity contribution in [3.8, 4) is 0 Å².